The zero-order valence-corrected chi connectivity index (χ0v) is 10.9. The van der Waals surface area contributed by atoms with E-state index in [0.717, 1.165) is 11.6 Å². The third kappa shape index (κ3) is 4.14. The highest BCUT2D eigenvalue weighted by Crippen LogP contribution is 2.09. The molecule has 2 N–H and O–H groups in total. The van der Waals surface area contributed by atoms with Crippen LogP contribution in [0.5, 0.6) is 0 Å². The number of fused-ring (bicyclic) bond motifs is 1. The highest BCUT2D eigenvalue weighted by molar-refractivity contribution is 5.85. The molecule has 20 heavy (non-hydrogen) atoms. The van der Waals surface area contributed by atoms with Crippen molar-refractivity contribution in [1.82, 2.24) is 4.98 Å². The van der Waals surface area contributed by atoms with Gasteiger partial charge in [-0.15, -0.1) is 0 Å². The number of H-pyrrole nitrogens is 1. The van der Waals surface area contributed by atoms with E-state index in [9.17, 15) is 4.79 Å². The monoisotopic (exact) mass is 265 g/mol. The summed E-state index contributed by atoms with van der Waals surface area (Å²) in [5.74, 6) is -0.922. The van der Waals surface area contributed by atoms with Crippen LogP contribution in [0.3, 0.4) is 0 Å². The van der Waals surface area contributed by atoms with E-state index in [0.29, 0.717) is 0 Å². The first-order valence-electron chi connectivity index (χ1n) is 6.24. The lowest BCUT2D eigenvalue weighted by Gasteiger charge is -1.87. The molecule has 3 nitrogen and oxygen atoms in total. The molecular weight excluding hydrogens is 250 g/mol. The van der Waals surface area contributed by atoms with Gasteiger partial charge in [0, 0.05) is 17.8 Å². The Labute approximate surface area is 117 Å². The predicted molar refractivity (Wildman–Crippen MR) is 81.4 cm³/mol. The Hall–Kier alpha value is -2.81. The molecule has 1 aromatic heterocycles. The van der Waals surface area contributed by atoms with Gasteiger partial charge in [-0.05, 0) is 29.2 Å². The first kappa shape index (κ1) is 13.6. The number of carbonyl (C=O) groups is 1. The fourth-order valence-corrected chi connectivity index (χ4v) is 1.73. The number of carboxylic acid groups (broad SMARTS) is 1. The molecule has 0 atom stereocenters. The third-order valence-corrected chi connectivity index (χ3v) is 2.68. The second-order valence-electron chi connectivity index (χ2n) is 4.15. The molecule has 0 aliphatic carbocycles. The molecular formula is C17H15NO2. The molecule has 3 heteroatoms. The average Bonchev–Trinajstić information content (AvgIpc) is 2.95. The smallest absolute Gasteiger partial charge is 0.328 e. The number of aliphatic carboxylic acids is 1. The summed E-state index contributed by atoms with van der Waals surface area (Å²) >= 11 is 0. The minimum atomic E-state index is -0.922. The first-order chi connectivity index (χ1) is 9.75. The van der Waals surface area contributed by atoms with Crippen molar-refractivity contribution in [2.45, 2.75) is 0 Å². The van der Waals surface area contributed by atoms with E-state index in [1.54, 1.807) is 6.08 Å². The summed E-state index contributed by atoms with van der Waals surface area (Å²) in [7, 11) is 0. The van der Waals surface area contributed by atoms with E-state index in [-0.39, 0.29) is 0 Å². The van der Waals surface area contributed by atoms with Crippen molar-refractivity contribution >= 4 is 22.9 Å². The van der Waals surface area contributed by atoms with Gasteiger partial charge in [-0.2, -0.15) is 0 Å². The van der Waals surface area contributed by atoms with Crippen LogP contribution in [0, 0.1) is 0 Å². The number of carboxylic acids is 1. The molecule has 0 spiro atoms. The summed E-state index contributed by atoms with van der Waals surface area (Å²) in [4.78, 5) is 13.2. The van der Waals surface area contributed by atoms with Crippen LogP contribution in [-0.4, -0.2) is 16.1 Å². The molecule has 0 bridgehead atoms. The van der Waals surface area contributed by atoms with E-state index in [1.165, 1.54) is 10.9 Å². The van der Waals surface area contributed by atoms with Crippen LogP contribution in [-0.2, 0) is 4.79 Å². The molecule has 2 aromatic carbocycles. The maximum atomic E-state index is 10.1. The highest BCUT2D eigenvalue weighted by Gasteiger charge is 1.87. The summed E-state index contributed by atoms with van der Waals surface area (Å²) < 4.78 is 0. The zero-order valence-electron chi connectivity index (χ0n) is 10.9. The minimum Gasteiger partial charge on any atom is -0.478 e. The Kier molecular flexibility index (Phi) is 4.73. The van der Waals surface area contributed by atoms with Crippen LogP contribution < -0.4 is 0 Å². The van der Waals surface area contributed by atoms with Gasteiger partial charge in [0.1, 0.15) is 0 Å². The molecule has 0 aliphatic heterocycles. The Morgan fingerprint density at radius 3 is 2.35 bits per heavy atom. The molecule has 0 fully saturated rings. The van der Waals surface area contributed by atoms with Crippen molar-refractivity contribution in [2.24, 2.45) is 0 Å². The summed E-state index contributed by atoms with van der Waals surface area (Å²) in [5, 5.41) is 9.56. The SMILES string of the molecule is O=C(O)/C=C/c1ccccc1.c1ccc2[nH]ccc2c1. The number of hydrogen-bond acceptors (Lipinski definition) is 1. The third-order valence-electron chi connectivity index (χ3n) is 2.68. The standard InChI is InChI=1S/C9H8O2.C8H7N/c10-9(11)7-6-8-4-2-1-3-5-8;1-2-4-8-7(3-1)5-6-9-8/h1-7H,(H,10,11);1-6,9H/b7-6+;. The van der Waals surface area contributed by atoms with Crippen molar-refractivity contribution in [3.05, 3.63) is 78.5 Å². The number of benzene rings is 2. The lowest BCUT2D eigenvalue weighted by molar-refractivity contribution is -0.131. The topological polar surface area (TPSA) is 53.1 Å². The maximum absolute atomic E-state index is 10.1. The zero-order chi connectivity index (χ0) is 14.2. The van der Waals surface area contributed by atoms with Crippen LogP contribution in [0.15, 0.2) is 72.9 Å². The average molecular weight is 265 g/mol. The summed E-state index contributed by atoms with van der Waals surface area (Å²) in [5.41, 5.74) is 2.10. The number of para-hydroxylation sites is 1. The lowest BCUT2D eigenvalue weighted by Crippen LogP contribution is -1.85. The molecule has 0 amide bonds. The molecule has 0 saturated carbocycles. The van der Waals surface area contributed by atoms with E-state index < -0.39 is 5.97 Å². The molecule has 0 saturated heterocycles. The number of hydrogen-bond donors (Lipinski definition) is 2. The van der Waals surface area contributed by atoms with E-state index in [1.807, 2.05) is 48.7 Å². The number of aromatic nitrogens is 1. The second-order valence-corrected chi connectivity index (χ2v) is 4.15. The summed E-state index contributed by atoms with van der Waals surface area (Å²) in [6, 6.07) is 19.6. The number of aromatic amines is 1. The van der Waals surface area contributed by atoms with Gasteiger partial charge in [-0.25, -0.2) is 4.79 Å². The Balaban J connectivity index is 0.000000149. The number of rotatable bonds is 2. The molecule has 0 radical (unpaired) electrons. The molecule has 1 heterocycles. The Morgan fingerprint density at radius 1 is 0.950 bits per heavy atom. The van der Waals surface area contributed by atoms with Crippen LogP contribution in [0.4, 0.5) is 0 Å². The van der Waals surface area contributed by atoms with Crippen LogP contribution in [0.25, 0.3) is 17.0 Å². The maximum Gasteiger partial charge on any atom is 0.328 e. The predicted octanol–water partition coefficient (Wildman–Crippen LogP) is 3.95. The van der Waals surface area contributed by atoms with Gasteiger partial charge < -0.3 is 10.1 Å². The minimum absolute atomic E-state index is 0.898. The van der Waals surface area contributed by atoms with Crippen molar-refractivity contribution in [3.63, 3.8) is 0 Å². The lowest BCUT2D eigenvalue weighted by atomic mass is 10.2. The summed E-state index contributed by atoms with van der Waals surface area (Å²) in [6.45, 7) is 0. The normalized spacial score (nSPS) is 10.2. The second kappa shape index (κ2) is 6.95. The van der Waals surface area contributed by atoms with Gasteiger partial charge in [0.25, 0.3) is 0 Å². The van der Waals surface area contributed by atoms with Gasteiger partial charge in [-0.3, -0.25) is 0 Å². The largest absolute Gasteiger partial charge is 0.478 e. The Morgan fingerprint density at radius 2 is 1.65 bits per heavy atom. The highest BCUT2D eigenvalue weighted by atomic mass is 16.4. The van der Waals surface area contributed by atoms with Crippen molar-refractivity contribution in [3.8, 4) is 0 Å². The fourth-order valence-electron chi connectivity index (χ4n) is 1.73. The molecule has 100 valence electrons. The van der Waals surface area contributed by atoms with Crippen molar-refractivity contribution in [1.29, 1.82) is 0 Å². The fraction of sp³-hybridized carbons (Fsp3) is 0. The van der Waals surface area contributed by atoms with Gasteiger partial charge in [0.2, 0.25) is 0 Å². The van der Waals surface area contributed by atoms with E-state index in [4.69, 9.17) is 5.11 Å². The van der Waals surface area contributed by atoms with E-state index in [2.05, 4.69) is 23.2 Å². The molecule has 0 aliphatic rings. The molecule has 3 rings (SSSR count). The van der Waals surface area contributed by atoms with E-state index >= 15 is 0 Å². The van der Waals surface area contributed by atoms with Crippen molar-refractivity contribution < 1.29 is 9.90 Å². The van der Waals surface area contributed by atoms with Crippen LogP contribution in [0.1, 0.15) is 5.56 Å². The van der Waals surface area contributed by atoms with Gasteiger partial charge in [0.15, 0.2) is 0 Å². The van der Waals surface area contributed by atoms with Crippen LogP contribution in [0.2, 0.25) is 0 Å². The Bertz CT molecular complexity index is 669. The van der Waals surface area contributed by atoms with Gasteiger partial charge in [-0.1, -0.05) is 48.5 Å². The van der Waals surface area contributed by atoms with Gasteiger partial charge >= 0.3 is 5.97 Å². The number of nitrogens with one attached hydrogen (secondary N) is 1. The van der Waals surface area contributed by atoms with Crippen LogP contribution >= 0.6 is 0 Å². The van der Waals surface area contributed by atoms with Crippen molar-refractivity contribution in [2.75, 3.05) is 0 Å². The first-order valence-corrected chi connectivity index (χ1v) is 6.24. The summed E-state index contributed by atoms with van der Waals surface area (Å²) in [6.07, 6.45) is 4.63. The molecule has 0 unspecified atom stereocenters. The quantitative estimate of drug-likeness (QED) is 0.689. The van der Waals surface area contributed by atoms with Gasteiger partial charge in [0.05, 0.1) is 0 Å². The molecule has 3 aromatic rings.